The van der Waals surface area contributed by atoms with Crippen LogP contribution in [0.3, 0.4) is 0 Å². The molecule has 0 spiro atoms. The number of amides is 1. The first-order valence-electron chi connectivity index (χ1n) is 7.26. The standard InChI is InChI=1S/C16H22ClNO3/c1-12-10-13(4-5-14(12)17)21-11-15(19)18-8-3-6-16(2,20)7-9-18/h4-5,10,20H,3,6-9,11H2,1-2H3. The van der Waals surface area contributed by atoms with Crippen LogP contribution in [0.2, 0.25) is 5.02 Å². The molecule has 0 bridgehead atoms. The summed E-state index contributed by atoms with van der Waals surface area (Å²) in [6, 6.07) is 5.35. The van der Waals surface area contributed by atoms with Crippen molar-refractivity contribution in [2.24, 2.45) is 0 Å². The number of aliphatic hydroxyl groups is 1. The molecule has 1 amide bonds. The van der Waals surface area contributed by atoms with Gasteiger partial charge in [-0.25, -0.2) is 0 Å². The maximum atomic E-state index is 12.2. The van der Waals surface area contributed by atoms with Crippen molar-refractivity contribution in [1.82, 2.24) is 4.90 Å². The summed E-state index contributed by atoms with van der Waals surface area (Å²) >= 11 is 5.96. The molecule has 1 heterocycles. The highest BCUT2D eigenvalue weighted by atomic mass is 35.5. The van der Waals surface area contributed by atoms with Gasteiger partial charge in [-0.1, -0.05) is 11.6 Å². The van der Waals surface area contributed by atoms with Crippen LogP contribution in [0.15, 0.2) is 18.2 Å². The minimum atomic E-state index is -0.664. The molecule has 1 aliphatic rings. The van der Waals surface area contributed by atoms with Gasteiger partial charge in [-0.15, -0.1) is 0 Å². The van der Waals surface area contributed by atoms with E-state index in [-0.39, 0.29) is 12.5 Å². The monoisotopic (exact) mass is 311 g/mol. The lowest BCUT2D eigenvalue weighted by Crippen LogP contribution is -2.36. The first-order valence-corrected chi connectivity index (χ1v) is 7.64. The Morgan fingerprint density at radius 1 is 1.43 bits per heavy atom. The van der Waals surface area contributed by atoms with Gasteiger partial charge in [0.1, 0.15) is 5.75 Å². The molecule has 0 aliphatic carbocycles. The van der Waals surface area contributed by atoms with Gasteiger partial charge in [-0.05, 0) is 56.9 Å². The molecule has 1 saturated heterocycles. The number of carbonyl (C=O) groups is 1. The lowest BCUT2D eigenvalue weighted by atomic mass is 9.98. The van der Waals surface area contributed by atoms with Gasteiger partial charge in [-0.3, -0.25) is 4.79 Å². The van der Waals surface area contributed by atoms with E-state index < -0.39 is 5.60 Å². The second-order valence-electron chi connectivity index (χ2n) is 5.93. The van der Waals surface area contributed by atoms with Gasteiger partial charge in [0.05, 0.1) is 5.60 Å². The molecule has 1 unspecified atom stereocenters. The van der Waals surface area contributed by atoms with Crippen molar-refractivity contribution in [3.05, 3.63) is 28.8 Å². The molecule has 1 aromatic rings. The first-order chi connectivity index (χ1) is 9.87. The molecule has 1 aliphatic heterocycles. The SMILES string of the molecule is Cc1cc(OCC(=O)N2CCCC(C)(O)CC2)ccc1Cl. The number of nitrogens with zero attached hydrogens (tertiary/aromatic N) is 1. The Labute approximate surface area is 130 Å². The number of rotatable bonds is 3. The highest BCUT2D eigenvalue weighted by Gasteiger charge is 2.27. The average molecular weight is 312 g/mol. The van der Waals surface area contributed by atoms with Crippen molar-refractivity contribution in [1.29, 1.82) is 0 Å². The van der Waals surface area contributed by atoms with Crippen molar-refractivity contribution in [3.8, 4) is 5.75 Å². The summed E-state index contributed by atoms with van der Waals surface area (Å²) in [6.45, 7) is 5.00. The highest BCUT2D eigenvalue weighted by molar-refractivity contribution is 6.31. The van der Waals surface area contributed by atoms with Crippen LogP contribution < -0.4 is 4.74 Å². The van der Waals surface area contributed by atoms with Gasteiger partial charge < -0.3 is 14.7 Å². The predicted octanol–water partition coefficient (Wildman–Crippen LogP) is 2.79. The maximum Gasteiger partial charge on any atom is 0.260 e. The minimum absolute atomic E-state index is 0.0171. The third kappa shape index (κ3) is 4.61. The highest BCUT2D eigenvalue weighted by Crippen LogP contribution is 2.23. The van der Waals surface area contributed by atoms with Crippen LogP contribution in [0.4, 0.5) is 0 Å². The Bertz CT molecular complexity index is 516. The third-order valence-corrected chi connectivity index (χ3v) is 4.33. The Morgan fingerprint density at radius 2 is 2.19 bits per heavy atom. The number of halogens is 1. The lowest BCUT2D eigenvalue weighted by Gasteiger charge is -2.22. The summed E-state index contributed by atoms with van der Waals surface area (Å²) in [5, 5.41) is 10.7. The molecule has 1 N–H and O–H groups in total. The Morgan fingerprint density at radius 3 is 2.90 bits per heavy atom. The number of aryl methyl sites for hydroxylation is 1. The summed E-state index contributed by atoms with van der Waals surface area (Å²) in [4.78, 5) is 13.9. The number of hydrogen-bond acceptors (Lipinski definition) is 3. The van der Waals surface area contributed by atoms with Crippen LogP contribution >= 0.6 is 11.6 Å². The summed E-state index contributed by atoms with van der Waals surface area (Å²) < 4.78 is 5.54. The number of benzene rings is 1. The van der Waals surface area contributed by atoms with E-state index in [1.54, 1.807) is 17.0 Å². The molecule has 0 radical (unpaired) electrons. The number of carbonyl (C=O) groups excluding carboxylic acids is 1. The molecule has 1 fully saturated rings. The van der Waals surface area contributed by atoms with Crippen molar-refractivity contribution >= 4 is 17.5 Å². The van der Waals surface area contributed by atoms with Gasteiger partial charge in [0.2, 0.25) is 0 Å². The fraction of sp³-hybridized carbons (Fsp3) is 0.562. The summed E-state index contributed by atoms with van der Waals surface area (Å²) in [5.74, 6) is 0.604. The Balaban J connectivity index is 1.88. The molecule has 1 atom stereocenters. The second kappa shape index (κ2) is 6.67. The van der Waals surface area contributed by atoms with E-state index in [0.717, 1.165) is 18.4 Å². The molecule has 116 valence electrons. The predicted molar refractivity (Wildman–Crippen MR) is 82.7 cm³/mol. The summed E-state index contributed by atoms with van der Waals surface area (Å²) in [7, 11) is 0. The number of likely N-dealkylation sites (tertiary alicyclic amines) is 1. The van der Waals surface area contributed by atoms with Crippen molar-refractivity contribution < 1.29 is 14.6 Å². The fourth-order valence-electron chi connectivity index (χ4n) is 2.46. The normalized spacial score (nSPS) is 22.8. The van der Waals surface area contributed by atoms with Gasteiger partial charge >= 0.3 is 0 Å². The second-order valence-corrected chi connectivity index (χ2v) is 6.34. The van der Waals surface area contributed by atoms with Crippen molar-refractivity contribution in [3.63, 3.8) is 0 Å². The van der Waals surface area contributed by atoms with Crippen LogP contribution in [0.5, 0.6) is 5.75 Å². The molecule has 21 heavy (non-hydrogen) atoms. The molecule has 2 rings (SSSR count). The quantitative estimate of drug-likeness (QED) is 0.934. The van der Waals surface area contributed by atoms with Crippen molar-refractivity contribution in [2.75, 3.05) is 19.7 Å². The topological polar surface area (TPSA) is 49.8 Å². The Kier molecular flexibility index (Phi) is 5.12. The zero-order valence-corrected chi connectivity index (χ0v) is 13.3. The molecule has 1 aromatic carbocycles. The smallest absolute Gasteiger partial charge is 0.260 e. The number of ether oxygens (including phenoxy) is 1. The maximum absolute atomic E-state index is 12.2. The van der Waals surface area contributed by atoms with E-state index in [2.05, 4.69) is 0 Å². The van der Waals surface area contributed by atoms with Gasteiger partial charge in [0.25, 0.3) is 5.91 Å². The molecule has 0 aromatic heterocycles. The average Bonchev–Trinajstić information content (AvgIpc) is 2.61. The van der Waals surface area contributed by atoms with Crippen LogP contribution in [0.25, 0.3) is 0 Å². The minimum Gasteiger partial charge on any atom is -0.484 e. The van der Waals surface area contributed by atoms with E-state index >= 15 is 0 Å². The van der Waals surface area contributed by atoms with E-state index in [0.29, 0.717) is 30.3 Å². The Hall–Kier alpha value is -1.26. The van der Waals surface area contributed by atoms with E-state index in [4.69, 9.17) is 16.3 Å². The first kappa shape index (κ1) is 16.1. The van der Waals surface area contributed by atoms with Gasteiger partial charge in [0.15, 0.2) is 6.61 Å². The van der Waals surface area contributed by atoms with Crippen LogP contribution in [-0.2, 0) is 4.79 Å². The van der Waals surface area contributed by atoms with E-state index in [1.165, 1.54) is 0 Å². The molecule has 0 saturated carbocycles. The van der Waals surface area contributed by atoms with E-state index in [1.807, 2.05) is 19.9 Å². The largest absolute Gasteiger partial charge is 0.484 e. The van der Waals surface area contributed by atoms with Crippen LogP contribution in [-0.4, -0.2) is 41.2 Å². The lowest BCUT2D eigenvalue weighted by molar-refractivity contribution is -0.133. The molecular formula is C16H22ClNO3. The molecule has 4 nitrogen and oxygen atoms in total. The third-order valence-electron chi connectivity index (χ3n) is 3.91. The van der Waals surface area contributed by atoms with Gasteiger partial charge in [0, 0.05) is 18.1 Å². The molecule has 5 heteroatoms. The van der Waals surface area contributed by atoms with Crippen molar-refractivity contribution in [2.45, 2.75) is 38.7 Å². The zero-order valence-electron chi connectivity index (χ0n) is 12.6. The van der Waals surface area contributed by atoms with Crippen LogP contribution in [0, 0.1) is 6.92 Å². The van der Waals surface area contributed by atoms with Crippen LogP contribution in [0.1, 0.15) is 31.7 Å². The van der Waals surface area contributed by atoms with Gasteiger partial charge in [-0.2, -0.15) is 0 Å². The van der Waals surface area contributed by atoms with E-state index in [9.17, 15) is 9.90 Å². The number of hydrogen-bond donors (Lipinski definition) is 1. The zero-order chi connectivity index (χ0) is 15.5. The fourth-order valence-corrected chi connectivity index (χ4v) is 2.57. The molecular weight excluding hydrogens is 290 g/mol. The summed E-state index contributed by atoms with van der Waals surface area (Å²) in [6.07, 6.45) is 2.16. The summed E-state index contributed by atoms with van der Waals surface area (Å²) in [5.41, 5.74) is 0.260.